The van der Waals surface area contributed by atoms with Gasteiger partial charge in [0.25, 0.3) is 0 Å². The third-order valence-electron chi connectivity index (χ3n) is 4.00. The van der Waals surface area contributed by atoms with Crippen LogP contribution in [0.15, 0.2) is 60.7 Å². The van der Waals surface area contributed by atoms with Crippen LogP contribution in [0.3, 0.4) is 0 Å². The Morgan fingerprint density at radius 2 is 1.37 bits per heavy atom. The Balaban J connectivity index is 1.62. The Hall–Kier alpha value is -2.70. The summed E-state index contributed by atoms with van der Waals surface area (Å²) < 4.78 is 10.2. The molecule has 0 heterocycles. The number of hydrogen-bond acceptors (Lipinski definition) is 6. The lowest BCUT2D eigenvalue weighted by Gasteiger charge is -2.21. The van der Waals surface area contributed by atoms with Gasteiger partial charge in [-0.1, -0.05) is 60.7 Å². The van der Waals surface area contributed by atoms with Crippen LogP contribution in [0.2, 0.25) is 0 Å². The van der Waals surface area contributed by atoms with E-state index in [0.717, 1.165) is 11.1 Å². The van der Waals surface area contributed by atoms with Gasteiger partial charge in [0.1, 0.15) is 13.2 Å². The number of esters is 2. The summed E-state index contributed by atoms with van der Waals surface area (Å²) in [4.78, 5) is 23.7. The van der Waals surface area contributed by atoms with Crippen LogP contribution in [0.25, 0.3) is 0 Å². The number of ether oxygens (including phenoxy) is 2. The van der Waals surface area contributed by atoms with Gasteiger partial charge < -0.3 is 14.6 Å². The highest BCUT2D eigenvalue weighted by molar-refractivity contribution is 5.78. The van der Waals surface area contributed by atoms with Crippen molar-refractivity contribution in [1.82, 2.24) is 0 Å². The number of carbonyl (C=O) groups is 2. The molecule has 6 heteroatoms. The van der Waals surface area contributed by atoms with E-state index in [9.17, 15) is 14.7 Å². The van der Waals surface area contributed by atoms with Crippen molar-refractivity contribution >= 4 is 11.9 Å². The minimum Gasteiger partial charge on any atom is -0.461 e. The maximum Gasteiger partial charge on any atom is 0.353 e. The molecule has 0 aromatic heterocycles. The highest BCUT2D eigenvalue weighted by Crippen LogP contribution is 2.14. The molecule has 27 heavy (non-hydrogen) atoms. The molecule has 0 aliphatic heterocycles. The van der Waals surface area contributed by atoms with Gasteiger partial charge in [-0.2, -0.15) is 0 Å². The lowest BCUT2D eigenvalue weighted by atomic mass is 10.1. The third-order valence-corrected chi connectivity index (χ3v) is 4.00. The summed E-state index contributed by atoms with van der Waals surface area (Å²) in [5.74, 6) is -1.20. The van der Waals surface area contributed by atoms with Crippen LogP contribution in [-0.4, -0.2) is 22.8 Å². The molecule has 0 saturated carbocycles. The molecule has 3 N–H and O–H groups in total. The lowest BCUT2D eigenvalue weighted by molar-refractivity contribution is -0.167. The quantitative estimate of drug-likeness (QED) is 0.378. The van der Waals surface area contributed by atoms with Gasteiger partial charge in [-0.3, -0.25) is 10.5 Å². The predicted molar refractivity (Wildman–Crippen MR) is 100 cm³/mol. The summed E-state index contributed by atoms with van der Waals surface area (Å²) in [5.41, 5.74) is 5.30. The number of benzene rings is 2. The summed E-state index contributed by atoms with van der Waals surface area (Å²) in [7, 11) is 0. The maximum absolute atomic E-state index is 11.9. The molecule has 0 spiro atoms. The molecule has 6 nitrogen and oxygen atoms in total. The van der Waals surface area contributed by atoms with Gasteiger partial charge in [-0.25, -0.2) is 4.79 Å². The van der Waals surface area contributed by atoms with Crippen LogP contribution in [-0.2, 0) is 32.3 Å². The maximum atomic E-state index is 11.9. The summed E-state index contributed by atoms with van der Waals surface area (Å²) in [6.45, 7) is 0.275. The van der Waals surface area contributed by atoms with E-state index < -0.39 is 11.7 Å². The molecular formula is C21H25NO5. The van der Waals surface area contributed by atoms with Gasteiger partial charge in [0.05, 0.1) is 0 Å². The molecule has 2 aromatic carbocycles. The minimum absolute atomic E-state index is 0.00654. The van der Waals surface area contributed by atoms with E-state index in [2.05, 4.69) is 0 Å². The van der Waals surface area contributed by atoms with E-state index in [1.807, 2.05) is 60.7 Å². The van der Waals surface area contributed by atoms with Crippen LogP contribution in [0.5, 0.6) is 0 Å². The third kappa shape index (κ3) is 7.60. The monoisotopic (exact) mass is 371 g/mol. The molecule has 1 atom stereocenters. The highest BCUT2D eigenvalue weighted by Gasteiger charge is 2.32. The van der Waals surface area contributed by atoms with Crippen molar-refractivity contribution < 1.29 is 24.2 Å². The molecule has 2 rings (SSSR count). The number of hydrogen-bond donors (Lipinski definition) is 2. The highest BCUT2D eigenvalue weighted by atomic mass is 16.6. The first kappa shape index (κ1) is 20.6. The van der Waals surface area contributed by atoms with Crippen LogP contribution < -0.4 is 5.73 Å². The number of nitrogens with two attached hydrogens (primary N) is 1. The fourth-order valence-electron chi connectivity index (χ4n) is 2.42. The van der Waals surface area contributed by atoms with Gasteiger partial charge >= 0.3 is 11.9 Å². The Morgan fingerprint density at radius 1 is 0.852 bits per heavy atom. The number of unbranched alkanes of at least 4 members (excludes halogenated alkanes) is 1. The standard InChI is InChI=1S/C21H25NO5/c22-21(25,20(24)27-16-18-11-5-2-6-12-18)14-8-7-13-19(23)26-15-17-9-3-1-4-10-17/h1-6,9-12,25H,7-8,13-16,22H2/t21-/m0/s1. The summed E-state index contributed by atoms with van der Waals surface area (Å²) in [6.07, 6.45) is 1.06. The van der Waals surface area contributed by atoms with Gasteiger partial charge in [0.2, 0.25) is 5.72 Å². The number of rotatable bonds is 10. The molecule has 0 amide bonds. The fraction of sp³-hybridized carbons (Fsp3) is 0.333. The van der Waals surface area contributed by atoms with Crippen LogP contribution in [0, 0.1) is 0 Å². The van der Waals surface area contributed by atoms with Crippen molar-refractivity contribution in [1.29, 1.82) is 0 Å². The second kappa shape index (κ2) is 10.4. The topological polar surface area (TPSA) is 98.9 Å². The average Bonchev–Trinajstić information content (AvgIpc) is 2.69. The first-order valence-corrected chi connectivity index (χ1v) is 8.89. The Kier molecular flexibility index (Phi) is 7.98. The molecule has 0 unspecified atom stereocenters. The average molecular weight is 371 g/mol. The fourth-order valence-corrected chi connectivity index (χ4v) is 2.42. The zero-order valence-corrected chi connectivity index (χ0v) is 15.2. The summed E-state index contributed by atoms with van der Waals surface area (Å²) >= 11 is 0. The van der Waals surface area contributed by atoms with E-state index in [-0.39, 0.29) is 32.0 Å². The SMILES string of the molecule is N[C@](O)(CCCCC(=O)OCc1ccccc1)C(=O)OCc1ccccc1. The predicted octanol–water partition coefficient (Wildman–Crippen LogP) is 2.68. The van der Waals surface area contributed by atoms with E-state index in [1.165, 1.54) is 0 Å². The van der Waals surface area contributed by atoms with Gasteiger partial charge in [-0.05, 0) is 24.0 Å². The van der Waals surface area contributed by atoms with Gasteiger partial charge in [0.15, 0.2) is 0 Å². The van der Waals surface area contributed by atoms with Crippen LogP contribution in [0.1, 0.15) is 36.8 Å². The first-order chi connectivity index (χ1) is 13.0. The largest absolute Gasteiger partial charge is 0.461 e. The smallest absolute Gasteiger partial charge is 0.353 e. The number of carbonyl (C=O) groups excluding carboxylic acids is 2. The van der Waals surface area contributed by atoms with Crippen molar-refractivity contribution in [2.45, 2.75) is 44.6 Å². The first-order valence-electron chi connectivity index (χ1n) is 8.89. The lowest BCUT2D eigenvalue weighted by Crippen LogP contribution is -2.48. The minimum atomic E-state index is -2.07. The molecule has 2 aromatic rings. The van der Waals surface area contributed by atoms with Crippen molar-refractivity contribution in [2.24, 2.45) is 5.73 Å². The Bertz CT molecular complexity index is 716. The summed E-state index contributed by atoms with van der Waals surface area (Å²) in [6, 6.07) is 18.5. The Morgan fingerprint density at radius 3 is 1.93 bits per heavy atom. The van der Waals surface area contributed by atoms with Gasteiger partial charge in [0, 0.05) is 12.8 Å². The molecule has 0 fully saturated rings. The van der Waals surface area contributed by atoms with Gasteiger partial charge in [-0.15, -0.1) is 0 Å². The zero-order chi connectivity index (χ0) is 19.5. The van der Waals surface area contributed by atoms with E-state index >= 15 is 0 Å². The molecule has 0 saturated heterocycles. The molecule has 144 valence electrons. The van der Waals surface area contributed by atoms with Crippen LogP contribution >= 0.6 is 0 Å². The molecule has 0 radical (unpaired) electrons. The Labute approximate surface area is 158 Å². The van der Waals surface area contributed by atoms with E-state index in [4.69, 9.17) is 15.2 Å². The normalized spacial score (nSPS) is 12.8. The molecule has 0 bridgehead atoms. The molecular weight excluding hydrogens is 346 g/mol. The molecule has 0 aliphatic rings. The van der Waals surface area contributed by atoms with Crippen molar-refractivity contribution in [3.8, 4) is 0 Å². The summed E-state index contributed by atoms with van der Waals surface area (Å²) in [5, 5.41) is 10.1. The van der Waals surface area contributed by atoms with E-state index in [0.29, 0.717) is 12.8 Å². The van der Waals surface area contributed by atoms with Crippen LogP contribution in [0.4, 0.5) is 0 Å². The van der Waals surface area contributed by atoms with E-state index in [1.54, 1.807) is 0 Å². The second-order valence-electron chi connectivity index (χ2n) is 6.34. The van der Waals surface area contributed by atoms with Crippen molar-refractivity contribution in [3.05, 3.63) is 71.8 Å². The second-order valence-corrected chi connectivity index (χ2v) is 6.34. The molecule has 0 aliphatic carbocycles. The van der Waals surface area contributed by atoms with Crippen molar-refractivity contribution in [2.75, 3.05) is 0 Å². The number of aliphatic hydroxyl groups is 1. The van der Waals surface area contributed by atoms with Crippen molar-refractivity contribution in [3.63, 3.8) is 0 Å². The zero-order valence-electron chi connectivity index (χ0n) is 15.2.